The lowest BCUT2D eigenvalue weighted by molar-refractivity contribution is 0.190. The molecular formula is C16H17BrO3. The maximum absolute atomic E-state index is 9.77. The Balaban J connectivity index is 2.10. The molecule has 0 aliphatic carbocycles. The third-order valence-electron chi connectivity index (χ3n) is 3.02. The first kappa shape index (κ1) is 15.0. The summed E-state index contributed by atoms with van der Waals surface area (Å²) in [5.41, 5.74) is 2.65. The van der Waals surface area contributed by atoms with E-state index in [1.54, 1.807) is 6.92 Å². The molecule has 0 saturated carbocycles. The van der Waals surface area contributed by atoms with Gasteiger partial charge in [0, 0.05) is 10.0 Å². The fourth-order valence-electron chi connectivity index (χ4n) is 1.88. The topological polar surface area (TPSA) is 49.7 Å². The maximum atomic E-state index is 9.77. The van der Waals surface area contributed by atoms with E-state index < -0.39 is 6.10 Å². The molecule has 0 bridgehead atoms. The van der Waals surface area contributed by atoms with E-state index in [1.807, 2.05) is 42.5 Å². The largest absolute Gasteiger partial charge is 0.489 e. The van der Waals surface area contributed by atoms with E-state index in [1.165, 1.54) is 0 Å². The zero-order chi connectivity index (χ0) is 14.5. The van der Waals surface area contributed by atoms with Crippen LogP contribution in [0, 0.1) is 0 Å². The number of hydrogen-bond acceptors (Lipinski definition) is 3. The van der Waals surface area contributed by atoms with E-state index in [0.29, 0.717) is 12.4 Å². The summed E-state index contributed by atoms with van der Waals surface area (Å²) in [5, 5.41) is 18.8. The van der Waals surface area contributed by atoms with Crippen molar-refractivity contribution >= 4 is 15.9 Å². The number of hydrogen-bond donors (Lipinski definition) is 2. The van der Waals surface area contributed by atoms with Crippen molar-refractivity contribution in [3.8, 4) is 5.75 Å². The molecule has 0 heterocycles. The Morgan fingerprint density at radius 1 is 1.10 bits per heavy atom. The summed E-state index contributed by atoms with van der Waals surface area (Å²) in [6.45, 7) is 2.18. The second-order valence-electron chi connectivity index (χ2n) is 4.62. The fourth-order valence-corrected chi connectivity index (χ4v) is 2.26. The van der Waals surface area contributed by atoms with Crippen molar-refractivity contribution in [1.29, 1.82) is 0 Å². The standard InChI is InChI=1S/C16H17BrO3/c1-11(19)15-8-14(17)6-7-16(15)20-10-13-4-2-12(9-18)3-5-13/h2-8,11,18-19H,9-10H2,1H3/t11-/m1/s1. The van der Waals surface area contributed by atoms with Gasteiger partial charge in [0.1, 0.15) is 12.4 Å². The molecule has 1 atom stereocenters. The molecule has 0 aliphatic heterocycles. The van der Waals surface area contributed by atoms with E-state index in [4.69, 9.17) is 9.84 Å². The smallest absolute Gasteiger partial charge is 0.125 e. The average Bonchev–Trinajstić information content (AvgIpc) is 2.46. The molecule has 20 heavy (non-hydrogen) atoms. The number of benzene rings is 2. The third kappa shape index (κ3) is 3.82. The van der Waals surface area contributed by atoms with Crippen LogP contribution in [0.1, 0.15) is 29.7 Å². The highest BCUT2D eigenvalue weighted by Crippen LogP contribution is 2.29. The lowest BCUT2D eigenvalue weighted by atomic mass is 10.1. The van der Waals surface area contributed by atoms with Gasteiger partial charge in [-0.3, -0.25) is 0 Å². The molecule has 0 fully saturated rings. The lowest BCUT2D eigenvalue weighted by Crippen LogP contribution is -2.01. The number of rotatable bonds is 5. The maximum Gasteiger partial charge on any atom is 0.125 e. The first-order chi connectivity index (χ1) is 9.60. The number of aliphatic hydroxyl groups excluding tert-OH is 2. The number of ether oxygens (including phenoxy) is 1. The SMILES string of the molecule is C[C@@H](O)c1cc(Br)ccc1OCc1ccc(CO)cc1. The van der Waals surface area contributed by atoms with E-state index in [0.717, 1.165) is 21.2 Å². The van der Waals surface area contributed by atoms with Crippen molar-refractivity contribution in [3.63, 3.8) is 0 Å². The lowest BCUT2D eigenvalue weighted by Gasteiger charge is -2.14. The first-order valence-electron chi connectivity index (χ1n) is 6.39. The third-order valence-corrected chi connectivity index (χ3v) is 3.52. The van der Waals surface area contributed by atoms with Crippen molar-refractivity contribution in [2.75, 3.05) is 0 Å². The molecule has 2 aromatic rings. The van der Waals surface area contributed by atoms with Gasteiger partial charge in [0.05, 0.1) is 12.7 Å². The summed E-state index contributed by atoms with van der Waals surface area (Å²) in [5.74, 6) is 0.675. The Labute approximate surface area is 127 Å². The summed E-state index contributed by atoms with van der Waals surface area (Å²) in [7, 11) is 0. The molecule has 2 N–H and O–H groups in total. The van der Waals surface area contributed by atoms with E-state index in [9.17, 15) is 5.11 Å². The van der Waals surface area contributed by atoms with Crippen LogP contribution in [-0.2, 0) is 13.2 Å². The molecule has 2 rings (SSSR count). The van der Waals surface area contributed by atoms with Gasteiger partial charge in [-0.2, -0.15) is 0 Å². The summed E-state index contributed by atoms with van der Waals surface area (Å²) in [6, 6.07) is 13.2. The van der Waals surface area contributed by atoms with Crippen LogP contribution >= 0.6 is 15.9 Å². The molecule has 3 nitrogen and oxygen atoms in total. The highest BCUT2D eigenvalue weighted by molar-refractivity contribution is 9.10. The van der Waals surface area contributed by atoms with Crippen molar-refractivity contribution in [2.24, 2.45) is 0 Å². The van der Waals surface area contributed by atoms with Gasteiger partial charge in [-0.15, -0.1) is 0 Å². The molecule has 2 aromatic carbocycles. The van der Waals surface area contributed by atoms with Crippen LogP contribution in [0.15, 0.2) is 46.9 Å². The molecule has 0 saturated heterocycles. The van der Waals surface area contributed by atoms with Gasteiger partial charge in [0.15, 0.2) is 0 Å². The monoisotopic (exact) mass is 336 g/mol. The normalized spacial score (nSPS) is 12.2. The zero-order valence-electron chi connectivity index (χ0n) is 11.2. The molecular weight excluding hydrogens is 320 g/mol. The molecule has 4 heteroatoms. The van der Waals surface area contributed by atoms with E-state index in [-0.39, 0.29) is 6.61 Å². The van der Waals surface area contributed by atoms with Gasteiger partial charge in [-0.25, -0.2) is 0 Å². The Hall–Kier alpha value is -1.36. The molecule has 0 radical (unpaired) electrons. The Morgan fingerprint density at radius 2 is 1.75 bits per heavy atom. The van der Waals surface area contributed by atoms with Gasteiger partial charge in [-0.1, -0.05) is 40.2 Å². The Morgan fingerprint density at radius 3 is 2.35 bits per heavy atom. The van der Waals surface area contributed by atoms with Gasteiger partial charge in [-0.05, 0) is 36.2 Å². The molecule has 106 valence electrons. The van der Waals surface area contributed by atoms with Crippen LogP contribution in [0.5, 0.6) is 5.75 Å². The summed E-state index contributed by atoms with van der Waals surface area (Å²) in [4.78, 5) is 0. The minimum atomic E-state index is -0.584. The van der Waals surface area contributed by atoms with Gasteiger partial charge >= 0.3 is 0 Å². The van der Waals surface area contributed by atoms with Crippen molar-refractivity contribution in [3.05, 3.63) is 63.6 Å². The number of halogens is 1. The van der Waals surface area contributed by atoms with Gasteiger partial charge in [0.25, 0.3) is 0 Å². The van der Waals surface area contributed by atoms with Crippen LogP contribution in [0.4, 0.5) is 0 Å². The second-order valence-corrected chi connectivity index (χ2v) is 5.54. The predicted octanol–water partition coefficient (Wildman–Crippen LogP) is 3.57. The zero-order valence-corrected chi connectivity index (χ0v) is 12.8. The molecule has 0 aromatic heterocycles. The minimum absolute atomic E-state index is 0.0417. The molecule has 0 amide bonds. The molecule has 0 spiro atoms. The van der Waals surface area contributed by atoms with E-state index in [2.05, 4.69) is 15.9 Å². The van der Waals surface area contributed by atoms with Crippen molar-refractivity contribution in [1.82, 2.24) is 0 Å². The predicted molar refractivity (Wildman–Crippen MR) is 81.5 cm³/mol. The van der Waals surface area contributed by atoms with Crippen molar-refractivity contribution in [2.45, 2.75) is 26.2 Å². The van der Waals surface area contributed by atoms with Crippen molar-refractivity contribution < 1.29 is 14.9 Å². The Bertz CT molecular complexity index is 564. The van der Waals surface area contributed by atoms with Crippen LogP contribution in [0.25, 0.3) is 0 Å². The summed E-state index contributed by atoms with van der Waals surface area (Å²) >= 11 is 3.39. The summed E-state index contributed by atoms with van der Waals surface area (Å²) in [6.07, 6.45) is -0.584. The van der Waals surface area contributed by atoms with Gasteiger partial charge in [0.2, 0.25) is 0 Å². The Kier molecular flexibility index (Phi) is 5.17. The fraction of sp³-hybridized carbons (Fsp3) is 0.250. The van der Waals surface area contributed by atoms with Crippen LogP contribution in [0.3, 0.4) is 0 Å². The van der Waals surface area contributed by atoms with Crippen LogP contribution in [0.2, 0.25) is 0 Å². The number of aliphatic hydroxyl groups is 2. The first-order valence-corrected chi connectivity index (χ1v) is 7.18. The molecule has 0 aliphatic rings. The average molecular weight is 337 g/mol. The second kappa shape index (κ2) is 6.88. The van der Waals surface area contributed by atoms with Gasteiger partial charge < -0.3 is 14.9 Å². The van der Waals surface area contributed by atoms with Crippen LogP contribution in [-0.4, -0.2) is 10.2 Å². The highest BCUT2D eigenvalue weighted by Gasteiger charge is 2.10. The highest BCUT2D eigenvalue weighted by atomic mass is 79.9. The quantitative estimate of drug-likeness (QED) is 0.877. The minimum Gasteiger partial charge on any atom is -0.489 e. The van der Waals surface area contributed by atoms with E-state index >= 15 is 0 Å². The molecule has 0 unspecified atom stereocenters. The van der Waals surface area contributed by atoms with Crippen LogP contribution < -0.4 is 4.74 Å². The summed E-state index contributed by atoms with van der Waals surface area (Å²) < 4.78 is 6.68.